The quantitative estimate of drug-likeness (QED) is 0.142. The second-order valence-corrected chi connectivity index (χ2v) is 6.09. The Morgan fingerprint density at radius 1 is 0.775 bits per heavy atom. The molecule has 1 N–H and O–H groups in total. The zero-order chi connectivity index (χ0) is 30.6. The molecule has 3 heterocycles. The number of alkyl halides is 2. The molecule has 0 aliphatic rings. The zero-order valence-corrected chi connectivity index (χ0v) is 24.4. The van der Waals surface area contributed by atoms with Crippen molar-refractivity contribution in [3.8, 4) is 11.8 Å². The third kappa shape index (κ3) is 42.3. The number of aromatic hydroxyl groups is 1. The van der Waals surface area contributed by atoms with Gasteiger partial charge in [0.15, 0.2) is 0 Å². The van der Waals surface area contributed by atoms with E-state index in [1.165, 1.54) is 12.1 Å². The van der Waals surface area contributed by atoms with Crippen LogP contribution >= 0.6 is 23.2 Å². The van der Waals surface area contributed by atoms with E-state index in [1.807, 2.05) is 12.1 Å². The molecule has 3 aromatic rings. The van der Waals surface area contributed by atoms with Gasteiger partial charge in [-0.1, -0.05) is 35.4 Å². The fourth-order valence-corrected chi connectivity index (χ4v) is 1.76. The number of halogens is 2. The van der Waals surface area contributed by atoms with Crippen molar-refractivity contribution in [3.05, 3.63) is 98.8 Å². The molecule has 0 aliphatic carbocycles. The van der Waals surface area contributed by atoms with Crippen LogP contribution in [0, 0.1) is 26.6 Å². The van der Waals surface area contributed by atoms with Crippen LogP contribution in [0.3, 0.4) is 0 Å². The van der Waals surface area contributed by atoms with E-state index in [2.05, 4.69) is 41.6 Å². The van der Waals surface area contributed by atoms with Crippen molar-refractivity contribution in [2.45, 2.75) is 17.9 Å². The summed E-state index contributed by atoms with van der Waals surface area (Å²) in [5.74, 6) is -0.375. The van der Waals surface area contributed by atoms with Crippen LogP contribution < -0.4 is 5.11 Å². The fraction of sp³-hybridized carbons (Fsp3) is 0.125. The summed E-state index contributed by atoms with van der Waals surface area (Å²) in [6.45, 7) is 18.0. The van der Waals surface area contributed by atoms with Crippen LogP contribution in [0.15, 0.2) is 65.8 Å². The van der Waals surface area contributed by atoms with E-state index in [1.54, 1.807) is 49.1 Å². The van der Waals surface area contributed by atoms with Crippen molar-refractivity contribution in [1.82, 2.24) is 15.0 Å². The Morgan fingerprint density at radius 2 is 1.20 bits per heavy atom. The largest absolute Gasteiger partial charge is 2.00 e. The van der Waals surface area contributed by atoms with Crippen molar-refractivity contribution in [3.63, 3.8) is 0 Å². The van der Waals surface area contributed by atoms with Crippen LogP contribution in [-0.4, -0.2) is 38.0 Å². The first-order valence-corrected chi connectivity index (χ1v) is 10.4. The Hall–Kier alpha value is -2.81. The van der Waals surface area contributed by atoms with Gasteiger partial charge < -0.3 is 32.4 Å². The van der Waals surface area contributed by atoms with Crippen LogP contribution in [0.2, 0.25) is 0 Å². The number of aromatic nitrogens is 3. The maximum Gasteiger partial charge on any atom is 2.00 e. The minimum absolute atomic E-state index is 0. The van der Waals surface area contributed by atoms with Crippen molar-refractivity contribution in [2.24, 2.45) is 0 Å². The van der Waals surface area contributed by atoms with Gasteiger partial charge in [-0.2, -0.15) is 0 Å². The van der Waals surface area contributed by atoms with Crippen LogP contribution in [0.25, 0.3) is 0 Å². The Morgan fingerprint density at radius 3 is 1.50 bits per heavy atom. The zero-order valence-electron chi connectivity index (χ0n) is 19.9. The van der Waals surface area contributed by atoms with Crippen molar-refractivity contribution in [2.75, 3.05) is 5.34 Å². The van der Waals surface area contributed by atoms with Gasteiger partial charge in [0, 0.05) is 23.7 Å². The topological polar surface area (TPSA) is 196 Å². The second kappa shape index (κ2) is 49.2. The monoisotopic (exact) mass is 689 g/mol. The number of rotatable bonds is 4. The predicted molar refractivity (Wildman–Crippen MR) is 131 cm³/mol. The van der Waals surface area contributed by atoms with Crippen LogP contribution in [0.5, 0.6) is 11.8 Å². The summed E-state index contributed by atoms with van der Waals surface area (Å²) >= 11 is 14.2. The van der Waals surface area contributed by atoms with Gasteiger partial charge in [-0.25, -0.2) is 4.98 Å². The van der Waals surface area contributed by atoms with Gasteiger partial charge in [0.2, 0.25) is 5.88 Å². The van der Waals surface area contributed by atoms with E-state index in [-0.39, 0.29) is 64.1 Å². The third-order valence-electron chi connectivity index (χ3n) is 2.72. The number of nitrogens with zero attached hydrogens (tertiary/aromatic N) is 3. The average molecular weight is 690 g/mol. The Balaban J connectivity index is -0.0000000685. The van der Waals surface area contributed by atoms with Gasteiger partial charge in [-0.15, -0.1) is 36.0 Å². The molecule has 16 heteroatoms. The van der Waals surface area contributed by atoms with Crippen LogP contribution in [-0.2, 0) is 87.8 Å². The molecule has 0 saturated carbocycles. The first kappa shape index (κ1) is 53.4. The second-order valence-electron chi connectivity index (χ2n) is 4.87. The fourth-order valence-electron chi connectivity index (χ4n) is 1.62. The van der Waals surface area contributed by atoms with Crippen molar-refractivity contribution in [1.29, 1.82) is 0 Å². The van der Waals surface area contributed by atoms with E-state index in [4.69, 9.17) is 59.5 Å². The summed E-state index contributed by atoms with van der Waals surface area (Å²) < 4.78 is 30.0. The molecule has 212 valence electrons. The number of hydrogen-bond donors (Lipinski definition) is 1. The van der Waals surface area contributed by atoms with Gasteiger partial charge in [-0.3, -0.25) is 22.5 Å². The summed E-state index contributed by atoms with van der Waals surface area (Å²) in [6.07, 6.45) is 5.26. The number of carbonyl (C=O) groups excluding carboxylic acids is 2. The Kier molecular flexibility index (Phi) is 65.7. The predicted octanol–water partition coefficient (Wildman–Crippen LogP) is 2.50. The molecule has 0 saturated heterocycles. The third-order valence-corrected chi connectivity index (χ3v) is 2.96. The van der Waals surface area contributed by atoms with E-state index in [0.29, 0.717) is 16.4 Å². The molecule has 0 aromatic carbocycles. The number of pyridine rings is 3. The van der Waals surface area contributed by atoms with E-state index < -0.39 is 0 Å². The number of hydrogen-bond acceptors (Lipinski definition) is 8. The molecule has 40 heavy (non-hydrogen) atoms. The standard InChI is InChI=1S/2C7H6NO2.C5H5NS.CH2Cl2.4CO.2Fe/c2*9-5-4-6-2-1-3-7(10)8-6;7-5-3-1-2-4-6-5;2-1-3;4*1-2;;/h2*1-3H,4H2,(H,8,10);1-4H,(H,6,7);1H2;;;;;;/q2*-1;;;;;;;2*+2/p-2. The molecule has 0 aliphatic heterocycles. The van der Waals surface area contributed by atoms with Gasteiger partial charge >= 0.3 is 79.3 Å². The van der Waals surface area contributed by atoms with Gasteiger partial charge in [-0.05, 0) is 24.1 Å². The normalized spacial score (nSPS) is 6.75. The summed E-state index contributed by atoms with van der Waals surface area (Å²) in [5.41, 5.74) is 1.01. The molecular formula is C24H17Cl2Fe2N3O8S. The van der Waals surface area contributed by atoms with Crippen LogP contribution in [0.1, 0.15) is 11.4 Å². The average Bonchev–Trinajstić information content (AvgIpc) is 2.95. The maximum atomic E-state index is 10.5. The molecule has 3 rings (SSSR count). The first-order chi connectivity index (χ1) is 18.5. The first-order valence-electron chi connectivity index (χ1n) is 8.96. The Bertz CT molecular complexity index is 973. The molecule has 0 fully saturated rings. The maximum absolute atomic E-state index is 10.5. The molecule has 3 aromatic heterocycles. The van der Waals surface area contributed by atoms with E-state index in [9.17, 15) is 14.7 Å². The molecule has 0 unspecified atom stereocenters. The summed E-state index contributed by atoms with van der Waals surface area (Å²) in [5, 5.41) is 20.2. The summed E-state index contributed by atoms with van der Waals surface area (Å²) in [4.78, 5) is 30.7. The van der Waals surface area contributed by atoms with Gasteiger partial charge in [0.25, 0.3) is 0 Å². The summed E-state index contributed by atoms with van der Waals surface area (Å²) in [6, 6.07) is 14.8. The SMILES string of the molecule is ClCCl.O=[C-]Cc1cccc(O)n1.O=[C-]Cc1cccc([O-])n1.[C-]#[O+].[C-]#[O+].[C-]#[O+].[C-]#[O+].[Fe+2].[Fe+2].[S-]c1ccccn1. The van der Waals surface area contributed by atoms with Crippen molar-refractivity contribution >= 4 is 48.4 Å². The van der Waals surface area contributed by atoms with E-state index >= 15 is 0 Å². The minimum Gasteiger partial charge on any atom is -0.760 e. The minimum atomic E-state index is -0.312. The van der Waals surface area contributed by atoms with Gasteiger partial charge in [0.1, 0.15) is 0 Å². The molecule has 0 radical (unpaired) electrons. The Labute approximate surface area is 268 Å². The smallest absolute Gasteiger partial charge is 0.760 e. The van der Waals surface area contributed by atoms with E-state index in [0.717, 1.165) is 0 Å². The van der Waals surface area contributed by atoms with Gasteiger partial charge in [0.05, 0.1) is 5.34 Å². The van der Waals surface area contributed by atoms with Crippen LogP contribution in [0.4, 0.5) is 0 Å². The molecular weight excluding hydrogens is 673 g/mol. The molecule has 11 nitrogen and oxygen atoms in total. The molecule has 0 spiro atoms. The van der Waals surface area contributed by atoms with Crippen molar-refractivity contribution < 1.29 is 72.5 Å². The molecule has 0 amide bonds. The molecule has 0 atom stereocenters. The molecule has 0 bridgehead atoms. The summed E-state index contributed by atoms with van der Waals surface area (Å²) in [7, 11) is 0.